The van der Waals surface area contributed by atoms with Gasteiger partial charge in [-0.2, -0.15) is 0 Å². The zero-order chi connectivity index (χ0) is 8.59. The second-order valence-electron chi connectivity index (χ2n) is 2.22. The number of carbonyl (C=O) groups is 3. The molecule has 0 radical (unpaired) electrons. The Balaban J connectivity index is 2.69. The summed E-state index contributed by atoms with van der Waals surface area (Å²) < 4.78 is 0. The van der Waals surface area contributed by atoms with E-state index in [0.29, 0.717) is 4.90 Å². The lowest BCUT2D eigenvalue weighted by atomic mass is 10.0. The van der Waals surface area contributed by atoms with Crippen LogP contribution in [0.4, 0.5) is 4.79 Å². The van der Waals surface area contributed by atoms with Crippen molar-refractivity contribution in [2.24, 2.45) is 11.5 Å². The number of carbonyl (C=O) groups excluding carboxylic acids is 3. The Hall–Kier alpha value is -1.59. The molecule has 1 saturated heterocycles. The molecule has 0 spiro atoms. The first kappa shape index (κ1) is 7.52. The summed E-state index contributed by atoms with van der Waals surface area (Å²) in [7, 11) is 0. The number of nitrogens with two attached hydrogens (primary N) is 2. The van der Waals surface area contributed by atoms with Gasteiger partial charge in [0.1, 0.15) is 6.04 Å². The lowest BCUT2D eigenvalue weighted by molar-refractivity contribution is -0.147. The maximum absolute atomic E-state index is 10.6. The molecule has 4 N–H and O–H groups in total. The van der Waals surface area contributed by atoms with Gasteiger partial charge in [-0.05, 0) is 0 Å². The fourth-order valence-electron chi connectivity index (χ4n) is 0.921. The van der Waals surface area contributed by atoms with Gasteiger partial charge in [-0.25, -0.2) is 4.79 Å². The van der Waals surface area contributed by atoms with Crippen LogP contribution in [0.1, 0.15) is 6.42 Å². The molecule has 4 amide bonds. The van der Waals surface area contributed by atoms with E-state index in [0.717, 1.165) is 0 Å². The summed E-state index contributed by atoms with van der Waals surface area (Å²) in [6.07, 6.45) is -0.0156. The van der Waals surface area contributed by atoms with Crippen LogP contribution in [0, 0.1) is 0 Å². The van der Waals surface area contributed by atoms with Gasteiger partial charge in [0.15, 0.2) is 0 Å². The molecule has 1 aliphatic heterocycles. The van der Waals surface area contributed by atoms with Crippen LogP contribution in [0.15, 0.2) is 0 Å². The summed E-state index contributed by atoms with van der Waals surface area (Å²) in [5.41, 5.74) is 9.62. The highest BCUT2D eigenvalue weighted by Gasteiger charge is 2.43. The molecule has 0 saturated carbocycles. The molecule has 11 heavy (non-hydrogen) atoms. The molecule has 0 aromatic rings. The van der Waals surface area contributed by atoms with E-state index >= 15 is 0 Å². The second kappa shape index (κ2) is 2.22. The third-order valence-corrected chi connectivity index (χ3v) is 1.51. The number of nitrogens with zero attached hydrogens (tertiary/aromatic N) is 1. The van der Waals surface area contributed by atoms with Gasteiger partial charge in [-0.3, -0.25) is 14.5 Å². The summed E-state index contributed by atoms with van der Waals surface area (Å²) in [6.45, 7) is 0. The van der Waals surface area contributed by atoms with E-state index < -0.39 is 23.9 Å². The van der Waals surface area contributed by atoms with E-state index in [-0.39, 0.29) is 6.42 Å². The van der Waals surface area contributed by atoms with Gasteiger partial charge in [0.25, 0.3) is 0 Å². The van der Waals surface area contributed by atoms with Gasteiger partial charge in [0.05, 0.1) is 6.42 Å². The molecule has 0 aliphatic carbocycles. The Morgan fingerprint density at radius 1 is 1.45 bits per heavy atom. The van der Waals surface area contributed by atoms with Crippen LogP contribution in [0.25, 0.3) is 0 Å². The van der Waals surface area contributed by atoms with Gasteiger partial charge in [0.2, 0.25) is 11.8 Å². The first-order chi connectivity index (χ1) is 5.04. The minimum absolute atomic E-state index is 0.0156. The SMILES string of the molecule is NC(=O)[C@@H]1CC(=O)N1C(N)=O. The number of hydrogen-bond donors (Lipinski definition) is 2. The molecule has 6 nitrogen and oxygen atoms in total. The number of primary amides is 2. The van der Waals surface area contributed by atoms with Crippen molar-refractivity contribution in [3.8, 4) is 0 Å². The Morgan fingerprint density at radius 2 is 2.00 bits per heavy atom. The first-order valence-electron chi connectivity index (χ1n) is 2.95. The highest BCUT2D eigenvalue weighted by atomic mass is 16.2. The van der Waals surface area contributed by atoms with E-state index in [2.05, 4.69) is 0 Å². The smallest absolute Gasteiger partial charge is 0.322 e. The Morgan fingerprint density at radius 3 is 2.18 bits per heavy atom. The molecule has 0 aromatic carbocycles. The Labute approximate surface area is 62.1 Å². The van der Waals surface area contributed by atoms with Crippen molar-refractivity contribution in [3.63, 3.8) is 0 Å². The average Bonchev–Trinajstić information content (AvgIpc) is 1.80. The van der Waals surface area contributed by atoms with Gasteiger partial charge < -0.3 is 11.5 Å². The van der Waals surface area contributed by atoms with Crippen molar-refractivity contribution in [2.75, 3.05) is 0 Å². The molecule has 0 aromatic heterocycles. The number of rotatable bonds is 1. The van der Waals surface area contributed by atoms with Crippen LogP contribution in [-0.4, -0.2) is 28.8 Å². The fraction of sp³-hybridized carbons (Fsp3) is 0.400. The predicted octanol–water partition coefficient (Wildman–Crippen LogP) is -1.85. The van der Waals surface area contributed by atoms with Gasteiger partial charge >= 0.3 is 6.03 Å². The van der Waals surface area contributed by atoms with E-state index in [1.165, 1.54) is 0 Å². The van der Waals surface area contributed by atoms with E-state index in [1.54, 1.807) is 0 Å². The molecule has 1 atom stereocenters. The quantitative estimate of drug-likeness (QED) is 0.436. The Bertz CT molecular complexity index is 229. The van der Waals surface area contributed by atoms with Crippen LogP contribution in [0.3, 0.4) is 0 Å². The summed E-state index contributed by atoms with van der Waals surface area (Å²) in [4.78, 5) is 32.1. The summed E-state index contributed by atoms with van der Waals surface area (Å²) in [6, 6.07) is -1.76. The molecule has 0 bridgehead atoms. The lowest BCUT2D eigenvalue weighted by Gasteiger charge is -2.34. The number of imide groups is 1. The van der Waals surface area contributed by atoms with Gasteiger partial charge in [-0.1, -0.05) is 0 Å². The van der Waals surface area contributed by atoms with E-state index in [4.69, 9.17) is 11.5 Å². The maximum atomic E-state index is 10.6. The number of hydrogen-bond acceptors (Lipinski definition) is 3. The fourth-order valence-corrected chi connectivity index (χ4v) is 0.921. The lowest BCUT2D eigenvalue weighted by Crippen LogP contribution is -2.62. The van der Waals surface area contributed by atoms with Crippen LogP contribution < -0.4 is 11.5 Å². The monoisotopic (exact) mass is 157 g/mol. The highest BCUT2D eigenvalue weighted by Crippen LogP contribution is 2.17. The molecular formula is C5H7N3O3. The third kappa shape index (κ3) is 1.02. The summed E-state index contributed by atoms with van der Waals surface area (Å²) >= 11 is 0. The molecule has 1 aliphatic rings. The number of amides is 4. The molecular weight excluding hydrogens is 150 g/mol. The zero-order valence-corrected chi connectivity index (χ0v) is 5.61. The highest BCUT2D eigenvalue weighted by molar-refractivity contribution is 6.06. The molecule has 1 rings (SSSR count). The molecule has 6 heteroatoms. The number of β-lactam (4-membered cyclic amide) rings is 1. The zero-order valence-electron chi connectivity index (χ0n) is 5.61. The minimum atomic E-state index is -0.926. The number of likely N-dealkylation sites (tertiary alicyclic amines) is 1. The maximum Gasteiger partial charge on any atom is 0.322 e. The molecule has 60 valence electrons. The van der Waals surface area contributed by atoms with Crippen molar-refractivity contribution in [1.29, 1.82) is 0 Å². The third-order valence-electron chi connectivity index (χ3n) is 1.51. The second-order valence-corrected chi connectivity index (χ2v) is 2.22. The number of urea groups is 1. The average molecular weight is 157 g/mol. The van der Waals surface area contributed by atoms with Gasteiger partial charge in [0, 0.05) is 0 Å². The van der Waals surface area contributed by atoms with Crippen molar-refractivity contribution >= 4 is 17.8 Å². The predicted molar refractivity (Wildman–Crippen MR) is 34.0 cm³/mol. The molecule has 1 fully saturated rings. The summed E-state index contributed by atoms with van der Waals surface area (Å²) in [5.74, 6) is -1.16. The largest absolute Gasteiger partial charge is 0.368 e. The minimum Gasteiger partial charge on any atom is -0.368 e. The normalized spacial score (nSPS) is 22.7. The van der Waals surface area contributed by atoms with Crippen LogP contribution >= 0.6 is 0 Å². The van der Waals surface area contributed by atoms with Crippen molar-refractivity contribution in [3.05, 3.63) is 0 Å². The summed E-state index contributed by atoms with van der Waals surface area (Å²) in [5, 5.41) is 0. The van der Waals surface area contributed by atoms with Crippen molar-refractivity contribution in [2.45, 2.75) is 12.5 Å². The standard InChI is InChI=1S/C5H7N3O3/c6-4(10)2-1-3(9)8(2)5(7)11/h2H,1H2,(H2,6,10)(H2,7,11)/t2-/m0/s1. The topological polar surface area (TPSA) is 106 Å². The first-order valence-corrected chi connectivity index (χ1v) is 2.95. The van der Waals surface area contributed by atoms with Crippen molar-refractivity contribution in [1.82, 2.24) is 4.90 Å². The van der Waals surface area contributed by atoms with Crippen molar-refractivity contribution < 1.29 is 14.4 Å². The molecule has 0 unspecified atom stereocenters. The van der Waals surface area contributed by atoms with E-state index in [9.17, 15) is 14.4 Å². The van der Waals surface area contributed by atoms with Gasteiger partial charge in [-0.15, -0.1) is 0 Å². The molecule has 1 heterocycles. The Kier molecular flexibility index (Phi) is 1.52. The van der Waals surface area contributed by atoms with Crippen LogP contribution in [0.2, 0.25) is 0 Å². The van der Waals surface area contributed by atoms with Crippen LogP contribution in [0.5, 0.6) is 0 Å². The van der Waals surface area contributed by atoms with Crippen LogP contribution in [-0.2, 0) is 9.59 Å². The van der Waals surface area contributed by atoms with E-state index in [1.807, 2.05) is 0 Å².